The number of anilines is 1. The number of benzene rings is 1. The number of aromatic nitrogens is 2. The average molecular weight is 479 g/mol. The molecule has 1 aromatic carbocycles. The van der Waals surface area contributed by atoms with Crippen LogP contribution < -0.4 is 5.32 Å². The number of likely N-dealkylation sites (tertiary alicyclic amines) is 1. The first kappa shape index (κ1) is 23.2. The molecule has 168 valence electrons. The number of carbonyl (C=O) groups is 2. The predicted molar refractivity (Wildman–Crippen MR) is 108 cm³/mol. The number of nitrogens with zero attached hydrogens (tertiary/aromatic N) is 3. The molecule has 0 radical (unpaired) electrons. The van der Waals surface area contributed by atoms with E-state index in [9.17, 15) is 22.8 Å². The third-order valence-electron chi connectivity index (χ3n) is 4.82. The molecule has 31 heavy (non-hydrogen) atoms. The van der Waals surface area contributed by atoms with Gasteiger partial charge in [0.05, 0.1) is 12.7 Å². The first-order valence-corrected chi connectivity index (χ1v) is 10.1. The van der Waals surface area contributed by atoms with Crippen LogP contribution in [0.25, 0.3) is 0 Å². The van der Waals surface area contributed by atoms with E-state index >= 15 is 0 Å². The van der Waals surface area contributed by atoms with E-state index in [1.165, 1.54) is 11.1 Å². The molecule has 2 heterocycles. The smallest absolute Gasteiger partial charge is 0.422 e. The van der Waals surface area contributed by atoms with Crippen molar-refractivity contribution in [1.82, 2.24) is 14.7 Å². The summed E-state index contributed by atoms with van der Waals surface area (Å²) in [6, 6.07) is 6.77. The van der Waals surface area contributed by atoms with Gasteiger partial charge in [-0.25, -0.2) is 9.48 Å². The molecule has 0 unspecified atom stereocenters. The number of halogens is 5. The fraction of sp³-hybridized carbons (Fsp3) is 0.421. The van der Waals surface area contributed by atoms with Gasteiger partial charge in [-0.2, -0.15) is 18.3 Å². The van der Waals surface area contributed by atoms with Crippen LogP contribution >= 0.6 is 23.2 Å². The van der Waals surface area contributed by atoms with Crippen molar-refractivity contribution in [2.45, 2.75) is 25.6 Å². The maximum Gasteiger partial charge on any atom is 0.422 e. The Morgan fingerprint density at radius 3 is 2.42 bits per heavy atom. The summed E-state index contributed by atoms with van der Waals surface area (Å²) in [5, 5.41) is 7.95. The summed E-state index contributed by atoms with van der Waals surface area (Å²) in [7, 11) is 0. The van der Waals surface area contributed by atoms with Crippen molar-refractivity contribution in [3.63, 3.8) is 0 Å². The molecule has 7 nitrogen and oxygen atoms in total. The van der Waals surface area contributed by atoms with Crippen LogP contribution in [0.15, 0.2) is 30.5 Å². The number of rotatable bonds is 5. The second kappa shape index (κ2) is 9.78. The van der Waals surface area contributed by atoms with E-state index in [2.05, 4.69) is 15.2 Å². The molecule has 2 amide bonds. The molecule has 1 aliphatic rings. The largest absolute Gasteiger partial charge is 0.440 e. The molecular weight excluding hydrogens is 460 g/mol. The molecule has 1 aromatic heterocycles. The van der Waals surface area contributed by atoms with Gasteiger partial charge in [-0.15, -0.1) is 0 Å². The van der Waals surface area contributed by atoms with E-state index in [1.807, 2.05) is 0 Å². The maximum absolute atomic E-state index is 12.6. The van der Waals surface area contributed by atoms with Crippen LogP contribution in [0.3, 0.4) is 0 Å². The van der Waals surface area contributed by atoms with Gasteiger partial charge in [0.25, 0.3) is 0 Å². The summed E-state index contributed by atoms with van der Waals surface area (Å²) in [6.45, 7) is -1.12. The number of ether oxygens (including phenoxy) is 1. The number of nitrogens with one attached hydrogen (secondary N) is 1. The van der Waals surface area contributed by atoms with Crippen molar-refractivity contribution in [3.8, 4) is 0 Å². The zero-order chi connectivity index (χ0) is 22.6. The van der Waals surface area contributed by atoms with Crippen molar-refractivity contribution >= 4 is 41.0 Å². The zero-order valence-corrected chi connectivity index (χ0v) is 17.7. The highest BCUT2D eigenvalue weighted by Crippen LogP contribution is 2.26. The van der Waals surface area contributed by atoms with Gasteiger partial charge < -0.3 is 15.0 Å². The van der Waals surface area contributed by atoms with Gasteiger partial charge in [-0.05, 0) is 25.0 Å². The molecule has 3 rings (SSSR count). The predicted octanol–water partition coefficient (Wildman–Crippen LogP) is 4.59. The third kappa shape index (κ3) is 6.27. The standard InChI is InChI=1S/C19H19Cl2F3N4O3/c20-14-2-1-3-15(21)13(14)10-28-16(4-7-25-28)26-17(29)12-5-8-27(9-6-12)18(30)31-11-19(22,23)24/h1-4,7,12H,5-6,8-11H2,(H,26,29). The Hall–Kier alpha value is -2.46. The summed E-state index contributed by atoms with van der Waals surface area (Å²) in [4.78, 5) is 25.5. The van der Waals surface area contributed by atoms with Gasteiger partial charge in [-0.1, -0.05) is 29.3 Å². The van der Waals surface area contributed by atoms with E-state index in [4.69, 9.17) is 23.2 Å². The van der Waals surface area contributed by atoms with E-state index < -0.39 is 24.8 Å². The second-order valence-electron chi connectivity index (χ2n) is 6.99. The minimum atomic E-state index is -4.58. The van der Waals surface area contributed by atoms with Crippen molar-refractivity contribution in [2.24, 2.45) is 5.92 Å². The number of hydrogen-bond donors (Lipinski definition) is 1. The van der Waals surface area contributed by atoms with Crippen LogP contribution in [0.2, 0.25) is 10.0 Å². The molecule has 1 fully saturated rings. The minimum Gasteiger partial charge on any atom is -0.440 e. The normalized spacial score (nSPS) is 15.1. The molecule has 1 saturated heterocycles. The van der Waals surface area contributed by atoms with Crippen LogP contribution in [0, 0.1) is 5.92 Å². The number of carbonyl (C=O) groups excluding carboxylic acids is 2. The van der Waals surface area contributed by atoms with Crippen LogP contribution in [0.4, 0.5) is 23.8 Å². The monoisotopic (exact) mass is 478 g/mol. The number of amides is 2. The van der Waals surface area contributed by atoms with E-state index in [0.29, 0.717) is 34.3 Å². The van der Waals surface area contributed by atoms with Crippen LogP contribution in [-0.4, -0.2) is 52.6 Å². The van der Waals surface area contributed by atoms with Gasteiger partial charge in [0.15, 0.2) is 6.61 Å². The number of piperidine rings is 1. The first-order chi connectivity index (χ1) is 14.6. The summed E-state index contributed by atoms with van der Waals surface area (Å²) in [5.74, 6) is -0.220. The molecular formula is C19H19Cl2F3N4O3. The average Bonchev–Trinajstić information content (AvgIpc) is 3.15. The fourth-order valence-electron chi connectivity index (χ4n) is 3.19. The van der Waals surface area contributed by atoms with E-state index in [-0.39, 0.29) is 25.5 Å². The SMILES string of the molecule is O=C(Nc1ccnn1Cc1c(Cl)cccc1Cl)C1CCN(C(=O)OCC(F)(F)F)CC1. The van der Waals surface area contributed by atoms with Crippen LogP contribution in [-0.2, 0) is 16.1 Å². The highest BCUT2D eigenvalue weighted by Gasteiger charge is 2.33. The molecule has 0 saturated carbocycles. The van der Waals surface area contributed by atoms with Gasteiger partial charge in [0.2, 0.25) is 5.91 Å². The zero-order valence-electron chi connectivity index (χ0n) is 16.2. The van der Waals surface area contributed by atoms with E-state index in [1.54, 1.807) is 28.9 Å². The lowest BCUT2D eigenvalue weighted by molar-refractivity contribution is -0.162. The van der Waals surface area contributed by atoms with Crippen LogP contribution in [0.1, 0.15) is 18.4 Å². The van der Waals surface area contributed by atoms with Gasteiger partial charge in [-0.3, -0.25) is 4.79 Å². The van der Waals surface area contributed by atoms with Crippen molar-refractivity contribution in [2.75, 3.05) is 25.0 Å². The molecule has 0 atom stereocenters. The Balaban J connectivity index is 1.54. The Kier molecular flexibility index (Phi) is 7.32. The number of hydrogen-bond acceptors (Lipinski definition) is 4. The van der Waals surface area contributed by atoms with Gasteiger partial charge >= 0.3 is 12.3 Å². The van der Waals surface area contributed by atoms with Crippen molar-refractivity contribution in [3.05, 3.63) is 46.1 Å². The molecule has 2 aromatic rings. The Labute approximate surface area is 186 Å². The van der Waals surface area contributed by atoms with E-state index in [0.717, 1.165) is 0 Å². The Morgan fingerprint density at radius 2 is 1.81 bits per heavy atom. The first-order valence-electron chi connectivity index (χ1n) is 9.38. The molecule has 0 spiro atoms. The highest BCUT2D eigenvalue weighted by atomic mass is 35.5. The van der Waals surface area contributed by atoms with Crippen molar-refractivity contribution in [1.29, 1.82) is 0 Å². The maximum atomic E-state index is 12.6. The van der Waals surface area contributed by atoms with Crippen molar-refractivity contribution < 1.29 is 27.5 Å². The van der Waals surface area contributed by atoms with Crippen LogP contribution in [0.5, 0.6) is 0 Å². The lowest BCUT2D eigenvalue weighted by atomic mass is 9.96. The summed E-state index contributed by atoms with van der Waals surface area (Å²) in [5.41, 5.74) is 0.663. The number of alkyl halides is 3. The summed E-state index contributed by atoms with van der Waals surface area (Å²) < 4.78 is 42.3. The molecule has 0 aliphatic carbocycles. The third-order valence-corrected chi connectivity index (χ3v) is 5.53. The Morgan fingerprint density at radius 1 is 1.16 bits per heavy atom. The lowest BCUT2D eigenvalue weighted by Gasteiger charge is -2.30. The molecule has 1 N–H and O–H groups in total. The summed E-state index contributed by atoms with van der Waals surface area (Å²) in [6.07, 6.45) is -3.48. The Bertz CT molecular complexity index is 923. The molecule has 0 bridgehead atoms. The molecule has 12 heteroatoms. The second-order valence-corrected chi connectivity index (χ2v) is 7.81. The minimum absolute atomic E-state index is 0.128. The highest BCUT2D eigenvalue weighted by molar-refractivity contribution is 6.36. The lowest BCUT2D eigenvalue weighted by Crippen LogP contribution is -2.42. The topological polar surface area (TPSA) is 76.5 Å². The quantitative estimate of drug-likeness (QED) is 0.681. The summed E-state index contributed by atoms with van der Waals surface area (Å²) >= 11 is 12.4. The fourth-order valence-corrected chi connectivity index (χ4v) is 3.70. The molecule has 1 aliphatic heterocycles. The van der Waals surface area contributed by atoms with Gasteiger partial charge in [0.1, 0.15) is 5.82 Å². The van der Waals surface area contributed by atoms with Gasteiger partial charge in [0, 0.05) is 40.7 Å².